The van der Waals surface area contributed by atoms with Gasteiger partial charge in [-0.15, -0.1) is 0 Å². The molecule has 0 saturated heterocycles. The molecule has 3 heteroatoms. The molecule has 116 valence electrons. The summed E-state index contributed by atoms with van der Waals surface area (Å²) in [6.45, 7) is 9.20. The van der Waals surface area contributed by atoms with E-state index in [1.165, 1.54) is 16.7 Å². The summed E-state index contributed by atoms with van der Waals surface area (Å²) >= 11 is 0. The fraction of sp³-hybridized carbons (Fsp3) is 0.316. The Morgan fingerprint density at radius 3 is 2.23 bits per heavy atom. The molecule has 2 aromatic rings. The number of carbonyl (C=O) groups is 1. The van der Waals surface area contributed by atoms with Gasteiger partial charge in [-0.2, -0.15) is 0 Å². The van der Waals surface area contributed by atoms with E-state index >= 15 is 0 Å². The first-order chi connectivity index (χ1) is 10.5. The van der Waals surface area contributed by atoms with Crippen LogP contribution in [0.3, 0.4) is 0 Å². The van der Waals surface area contributed by atoms with Crippen LogP contribution >= 0.6 is 0 Å². The van der Waals surface area contributed by atoms with Crippen LogP contribution in [0.15, 0.2) is 36.4 Å². The Bertz CT molecular complexity index is 654. The molecule has 0 aliphatic carbocycles. The quantitative estimate of drug-likeness (QED) is 0.884. The summed E-state index contributed by atoms with van der Waals surface area (Å²) in [5.41, 5.74) is 6.80. The van der Waals surface area contributed by atoms with Crippen molar-refractivity contribution in [3.8, 4) is 0 Å². The molecule has 0 aliphatic heterocycles. The Morgan fingerprint density at radius 2 is 1.59 bits per heavy atom. The highest BCUT2D eigenvalue weighted by Gasteiger charge is 2.08. The van der Waals surface area contributed by atoms with Crippen LogP contribution in [0.5, 0.6) is 0 Å². The first-order valence-electron chi connectivity index (χ1n) is 7.60. The fourth-order valence-electron chi connectivity index (χ4n) is 2.68. The Balaban J connectivity index is 1.90. The molecule has 0 aliphatic rings. The molecule has 0 aromatic heterocycles. The minimum absolute atomic E-state index is 0.0105. The zero-order valence-corrected chi connectivity index (χ0v) is 13.8. The topological polar surface area (TPSA) is 41.1 Å². The zero-order chi connectivity index (χ0) is 16.1. The van der Waals surface area contributed by atoms with Crippen molar-refractivity contribution >= 4 is 11.6 Å². The number of nitrogens with one attached hydrogen (secondary N) is 2. The molecule has 0 bridgehead atoms. The van der Waals surface area contributed by atoms with Crippen LogP contribution in [0.4, 0.5) is 5.69 Å². The fourth-order valence-corrected chi connectivity index (χ4v) is 2.68. The van der Waals surface area contributed by atoms with Crippen LogP contribution in [-0.2, 0) is 11.3 Å². The molecule has 0 spiro atoms. The summed E-state index contributed by atoms with van der Waals surface area (Å²) in [5, 5.41) is 6.21. The molecule has 2 N–H and O–H groups in total. The molecular weight excluding hydrogens is 272 g/mol. The van der Waals surface area contributed by atoms with E-state index in [-0.39, 0.29) is 5.91 Å². The van der Waals surface area contributed by atoms with Crippen LogP contribution in [0.2, 0.25) is 0 Å². The van der Waals surface area contributed by atoms with E-state index in [0.29, 0.717) is 13.1 Å². The van der Waals surface area contributed by atoms with E-state index in [1.54, 1.807) is 0 Å². The molecule has 0 heterocycles. The third-order valence-electron chi connectivity index (χ3n) is 3.80. The first kappa shape index (κ1) is 16.2. The van der Waals surface area contributed by atoms with Gasteiger partial charge in [0, 0.05) is 12.2 Å². The number of benzene rings is 2. The van der Waals surface area contributed by atoms with Gasteiger partial charge in [-0.05, 0) is 49.9 Å². The number of anilines is 1. The molecule has 0 radical (unpaired) electrons. The number of aryl methyl sites for hydroxylation is 4. The van der Waals surface area contributed by atoms with Gasteiger partial charge in [0.05, 0.1) is 6.54 Å². The Labute approximate surface area is 132 Å². The van der Waals surface area contributed by atoms with Gasteiger partial charge in [0.25, 0.3) is 0 Å². The predicted octanol–water partition coefficient (Wildman–Crippen LogP) is 3.65. The molecular formula is C19H24N2O. The van der Waals surface area contributed by atoms with Crippen LogP contribution in [0.25, 0.3) is 0 Å². The Morgan fingerprint density at radius 1 is 0.955 bits per heavy atom. The second-order valence-corrected chi connectivity index (χ2v) is 5.85. The van der Waals surface area contributed by atoms with Crippen molar-refractivity contribution in [2.75, 3.05) is 11.9 Å². The second-order valence-electron chi connectivity index (χ2n) is 5.85. The van der Waals surface area contributed by atoms with Gasteiger partial charge in [-0.3, -0.25) is 4.79 Å². The lowest BCUT2D eigenvalue weighted by Crippen LogP contribution is -2.28. The Kier molecular flexibility index (Phi) is 5.34. The highest BCUT2D eigenvalue weighted by atomic mass is 16.1. The van der Waals surface area contributed by atoms with Gasteiger partial charge in [0.2, 0.25) is 5.91 Å². The van der Waals surface area contributed by atoms with Crippen LogP contribution in [-0.4, -0.2) is 12.5 Å². The molecule has 0 atom stereocenters. The van der Waals surface area contributed by atoms with Gasteiger partial charge in [0.15, 0.2) is 0 Å². The number of hydrogen-bond acceptors (Lipinski definition) is 2. The molecule has 2 aromatic carbocycles. The average Bonchev–Trinajstić information content (AvgIpc) is 2.45. The number of hydrogen-bond donors (Lipinski definition) is 2. The van der Waals surface area contributed by atoms with Gasteiger partial charge < -0.3 is 10.6 Å². The van der Waals surface area contributed by atoms with Crippen molar-refractivity contribution in [3.05, 3.63) is 64.2 Å². The molecule has 2 rings (SSSR count). The van der Waals surface area contributed by atoms with Gasteiger partial charge in [0.1, 0.15) is 0 Å². The minimum Gasteiger partial charge on any atom is -0.324 e. The summed E-state index contributed by atoms with van der Waals surface area (Å²) in [4.78, 5) is 12.1. The molecule has 0 unspecified atom stereocenters. The lowest BCUT2D eigenvalue weighted by Gasteiger charge is -2.13. The van der Waals surface area contributed by atoms with E-state index in [2.05, 4.69) is 48.7 Å². The number of carbonyl (C=O) groups excluding carboxylic acids is 1. The maximum Gasteiger partial charge on any atom is 0.238 e. The SMILES string of the molecule is Cc1cc(C)c(NC(=O)CNCc2ccccc2C)c(C)c1. The molecule has 3 nitrogen and oxygen atoms in total. The van der Waals surface area contributed by atoms with E-state index in [9.17, 15) is 4.79 Å². The maximum absolute atomic E-state index is 12.1. The van der Waals surface area contributed by atoms with Crippen LogP contribution < -0.4 is 10.6 Å². The van der Waals surface area contributed by atoms with Crippen molar-refractivity contribution in [2.45, 2.75) is 34.2 Å². The molecule has 22 heavy (non-hydrogen) atoms. The first-order valence-corrected chi connectivity index (χ1v) is 7.60. The van der Waals surface area contributed by atoms with E-state index in [0.717, 1.165) is 16.8 Å². The summed E-state index contributed by atoms with van der Waals surface area (Å²) in [5.74, 6) is -0.0105. The average molecular weight is 296 g/mol. The van der Waals surface area contributed by atoms with Crippen LogP contribution in [0.1, 0.15) is 27.8 Å². The predicted molar refractivity (Wildman–Crippen MR) is 92.2 cm³/mol. The van der Waals surface area contributed by atoms with Crippen molar-refractivity contribution in [1.82, 2.24) is 5.32 Å². The van der Waals surface area contributed by atoms with Gasteiger partial charge in [-0.25, -0.2) is 0 Å². The summed E-state index contributed by atoms with van der Waals surface area (Å²) in [6, 6.07) is 12.4. The van der Waals surface area contributed by atoms with Crippen molar-refractivity contribution in [3.63, 3.8) is 0 Å². The minimum atomic E-state index is -0.0105. The second kappa shape index (κ2) is 7.23. The maximum atomic E-state index is 12.1. The van der Waals surface area contributed by atoms with E-state index in [4.69, 9.17) is 0 Å². The van der Waals surface area contributed by atoms with Gasteiger partial charge in [-0.1, -0.05) is 42.0 Å². The highest BCUT2D eigenvalue weighted by Crippen LogP contribution is 2.21. The highest BCUT2D eigenvalue weighted by molar-refractivity contribution is 5.93. The summed E-state index contributed by atoms with van der Waals surface area (Å²) in [7, 11) is 0. The van der Waals surface area contributed by atoms with E-state index < -0.39 is 0 Å². The van der Waals surface area contributed by atoms with Crippen molar-refractivity contribution < 1.29 is 4.79 Å². The summed E-state index contributed by atoms with van der Waals surface area (Å²) < 4.78 is 0. The standard InChI is InChI=1S/C19H24N2O/c1-13-9-15(3)19(16(4)10-13)21-18(22)12-20-11-17-8-6-5-7-14(17)2/h5-10,20H,11-12H2,1-4H3,(H,21,22). The molecule has 1 amide bonds. The normalized spacial score (nSPS) is 10.5. The van der Waals surface area contributed by atoms with Crippen molar-refractivity contribution in [1.29, 1.82) is 0 Å². The number of rotatable bonds is 5. The lowest BCUT2D eigenvalue weighted by atomic mass is 10.1. The van der Waals surface area contributed by atoms with E-state index in [1.807, 2.05) is 26.0 Å². The number of amides is 1. The molecule has 0 fully saturated rings. The largest absolute Gasteiger partial charge is 0.324 e. The third-order valence-corrected chi connectivity index (χ3v) is 3.80. The van der Waals surface area contributed by atoms with Crippen LogP contribution in [0, 0.1) is 27.7 Å². The van der Waals surface area contributed by atoms with Crippen molar-refractivity contribution in [2.24, 2.45) is 0 Å². The smallest absolute Gasteiger partial charge is 0.238 e. The molecule has 0 saturated carbocycles. The summed E-state index contributed by atoms with van der Waals surface area (Å²) in [6.07, 6.45) is 0. The zero-order valence-electron chi connectivity index (χ0n) is 13.8. The Hall–Kier alpha value is -2.13. The lowest BCUT2D eigenvalue weighted by molar-refractivity contribution is -0.115. The third kappa shape index (κ3) is 4.18. The monoisotopic (exact) mass is 296 g/mol. The van der Waals surface area contributed by atoms with Gasteiger partial charge >= 0.3 is 0 Å².